The molecule has 1 saturated carbocycles. The molecular weight excluding hydrogens is 535 g/mol. The summed E-state index contributed by atoms with van der Waals surface area (Å²) < 4.78 is 71.3. The Morgan fingerprint density at radius 1 is 1.11 bits per heavy atom. The lowest BCUT2D eigenvalue weighted by atomic mass is 9.92. The predicted molar refractivity (Wildman–Crippen MR) is 131 cm³/mol. The van der Waals surface area contributed by atoms with Crippen LogP contribution in [0.4, 0.5) is 23.7 Å². The van der Waals surface area contributed by atoms with Crippen LogP contribution in [-0.2, 0) is 14.6 Å². The van der Waals surface area contributed by atoms with Crippen LogP contribution in [0.1, 0.15) is 51.9 Å². The predicted octanol–water partition coefficient (Wildman–Crippen LogP) is 4.83. The minimum atomic E-state index is -5.40. The molecule has 1 atom stereocenters. The van der Waals surface area contributed by atoms with Gasteiger partial charge in [0.1, 0.15) is 4.90 Å². The van der Waals surface area contributed by atoms with Crippen molar-refractivity contribution in [3.63, 3.8) is 0 Å². The maximum Gasteiger partial charge on any atom is 0.491 e. The van der Waals surface area contributed by atoms with Crippen molar-refractivity contribution < 1.29 is 35.9 Å². The molecule has 2 fully saturated rings. The van der Waals surface area contributed by atoms with E-state index in [9.17, 15) is 31.2 Å². The Bertz CT molecular complexity index is 1190. The third kappa shape index (κ3) is 6.06. The number of alkyl halides is 3. The normalized spacial score (nSPS) is 24.7. The van der Waals surface area contributed by atoms with Gasteiger partial charge in [0.25, 0.3) is 0 Å². The van der Waals surface area contributed by atoms with Gasteiger partial charge in [0.2, 0.25) is 0 Å². The highest BCUT2D eigenvalue weighted by atomic mass is 35.5. The summed E-state index contributed by atoms with van der Waals surface area (Å²) in [5, 5.41) is 3.72. The van der Waals surface area contributed by atoms with E-state index < -0.39 is 54.6 Å². The van der Waals surface area contributed by atoms with E-state index in [0.717, 1.165) is 43.6 Å². The van der Waals surface area contributed by atoms with Crippen LogP contribution < -0.4 is 15.4 Å². The number of nitrogens with zero attached hydrogens (tertiary/aromatic N) is 1. The van der Waals surface area contributed by atoms with Gasteiger partial charge in [-0.1, -0.05) is 23.3 Å². The highest BCUT2D eigenvalue weighted by Gasteiger charge is 2.44. The fourth-order valence-electron chi connectivity index (χ4n) is 5.10. The number of halogens is 4. The number of carbonyl (C=O) groups excluding carboxylic acids is 2. The van der Waals surface area contributed by atoms with E-state index in [-0.39, 0.29) is 24.9 Å². The molecule has 1 aromatic carbocycles. The molecule has 0 radical (unpaired) electrons. The number of hydrogen-bond donors (Lipinski definition) is 2. The van der Waals surface area contributed by atoms with Gasteiger partial charge < -0.3 is 20.3 Å². The minimum Gasteiger partial charge on any atom is -0.416 e. The molecule has 13 heteroatoms. The Morgan fingerprint density at radius 2 is 1.78 bits per heavy atom. The second kappa shape index (κ2) is 10.8. The molecule has 0 aromatic heterocycles. The molecule has 1 aliphatic heterocycles. The van der Waals surface area contributed by atoms with E-state index >= 15 is 0 Å². The van der Waals surface area contributed by atoms with Crippen molar-refractivity contribution in [3.05, 3.63) is 28.8 Å². The van der Waals surface area contributed by atoms with Crippen LogP contribution in [0, 0.1) is 0 Å². The van der Waals surface area contributed by atoms with E-state index in [4.69, 9.17) is 11.6 Å². The van der Waals surface area contributed by atoms with Crippen molar-refractivity contribution >= 4 is 39.1 Å². The number of anilines is 1. The summed E-state index contributed by atoms with van der Waals surface area (Å²) in [5.41, 5.74) is 0.513. The van der Waals surface area contributed by atoms with Crippen LogP contribution in [0.25, 0.3) is 0 Å². The summed E-state index contributed by atoms with van der Waals surface area (Å²) in [7, 11) is -4.32. The van der Waals surface area contributed by atoms with Crippen molar-refractivity contribution in [1.82, 2.24) is 10.2 Å². The average Bonchev–Trinajstić information content (AvgIpc) is 3.18. The first-order chi connectivity index (χ1) is 17.4. The molecule has 2 amide bonds. The van der Waals surface area contributed by atoms with Crippen molar-refractivity contribution in [2.75, 3.05) is 18.4 Å². The first-order valence-corrected chi connectivity index (χ1v) is 14.1. The second-order valence-corrected chi connectivity index (χ2v) is 12.3. The van der Waals surface area contributed by atoms with Crippen LogP contribution >= 0.6 is 11.6 Å². The molecule has 3 aliphatic rings. The number of ether oxygens (including phenoxy) is 1. The molecule has 204 valence electrons. The monoisotopic (exact) mass is 563 g/mol. The minimum absolute atomic E-state index is 0.267. The quantitative estimate of drug-likeness (QED) is 0.292. The molecular formula is C24H29ClF3N3O5S. The fraction of sp³-hybridized carbons (Fsp3) is 0.583. The summed E-state index contributed by atoms with van der Waals surface area (Å²) in [4.78, 5) is 26.0. The average molecular weight is 564 g/mol. The number of esters is 1. The smallest absolute Gasteiger partial charge is 0.416 e. The Labute approximate surface area is 218 Å². The molecule has 1 heterocycles. The summed E-state index contributed by atoms with van der Waals surface area (Å²) in [6.45, 7) is 3.77. The topological polar surface area (TPSA) is 105 Å². The molecule has 37 heavy (non-hydrogen) atoms. The number of amides is 2. The number of allylic oxidation sites excluding steroid dienone is 1. The van der Waals surface area contributed by atoms with Gasteiger partial charge in [0, 0.05) is 6.04 Å². The van der Waals surface area contributed by atoms with Crippen LogP contribution in [-0.4, -0.2) is 61.9 Å². The fourth-order valence-corrected chi connectivity index (χ4v) is 7.54. The highest BCUT2D eigenvalue weighted by Crippen LogP contribution is 2.43. The maximum atomic E-state index is 13.7. The van der Waals surface area contributed by atoms with Gasteiger partial charge >= 0.3 is 18.2 Å². The largest absolute Gasteiger partial charge is 0.491 e. The zero-order chi connectivity index (χ0) is 27.0. The van der Waals surface area contributed by atoms with Gasteiger partial charge in [-0.05, 0) is 77.1 Å². The number of carbonyl (C=O) groups is 2. The number of likely N-dealkylation sites (tertiary alicyclic amines) is 1. The molecule has 0 spiro atoms. The van der Waals surface area contributed by atoms with Crippen molar-refractivity contribution in [1.29, 1.82) is 0 Å². The molecule has 8 nitrogen and oxygen atoms in total. The molecule has 0 bridgehead atoms. The Morgan fingerprint density at radius 3 is 2.32 bits per heavy atom. The Kier molecular flexibility index (Phi) is 8.10. The van der Waals surface area contributed by atoms with Gasteiger partial charge in [0.15, 0.2) is 15.6 Å². The SMILES string of the molecule is CC1=CCCC1NC(=O)Nc1ccc(Cl)c(S(=O)(=O)[C@H]2CC[C@H](N3CCC3)CC2)c1OC(=O)C(F)(F)F. The number of sulfone groups is 1. The molecule has 2 aliphatic carbocycles. The first-order valence-electron chi connectivity index (χ1n) is 12.2. The van der Waals surface area contributed by atoms with E-state index in [2.05, 4.69) is 20.3 Å². The standard InChI is InChI=1S/C24H29ClF3N3O5S/c1-14-4-2-5-18(14)29-23(33)30-19-11-10-17(25)21(20(19)36-22(32)24(26,27)28)37(34,35)16-8-6-15(7-9-16)31-12-3-13-31/h4,10-11,15-16,18H,2-3,5-9,12-13H2,1H3,(H2,29,30,33)/t15-,16-,18?. The van der Waals surface area contributed by atoms with E-state index in [1.165, 1.54) is 0 Å². The number of benzene rings is 1. The number of urea groups is 1. The molecule has 1 saturated heterocycles. The van der Waals surface area contributed by atoms with Gasteiger partial charge in [-0.25, -0.2) is 18.0 Å². The Hall–Kier alpha value is -2.31. The van der Waals surface area contributed by atoms with Crippen molar-refractivity contribution in [2.45, 2.75) is 80.3 Å². The van der Waals surface area contributed by atoms with Crippen LogP contribution in [0.5, 0.6) is 5.75 Å². The number of hydrogen-bond acceptors (Lipinski definition) is 6. The van der Waals surface area contributed by atoms with E-state index in [1.807, 2.05) is 13.0 Å². The number of nitrogens with one attached hydrogen (secondary N) is 2. The Balaban J connectivity index is 1.64. The second-order valence-electron chi connectivity index (χ2n) is 9.68. The van der Waals surface area contributed by atoms with Gasteiger partial charge in [-0.15, -0.1) is 0 Å². The van der Waals surface area contributed by atoms with Crippen LogP contribution in [0.3, 0.4) is 0 Å². The van der Waals surface area contributed by atoms with Crippen molar-refractivity contribution in [2.24, 2.45) is 0 Å². The van der Waals surface area contributed by atoms with Gasteiger partial charge in [-0.3, -0.25) is 0 Å². The molecule has 2 N–H and O–H groups in total. The van der Waals surface area contributed by atoms with E-state index in [1.54, 1.807) is 0 Å². The third-order valence-electron chi connectivity index (χ3n) is 7.29. The maximum absolute atomic E-state index is 13.7. The van der Waals surface area contributed by atoms with Gasteiger partial charge in [0.05, 0.1) is 22.0 Å². The summed E-state index contributed by atoms with van der Waals surface area (Å²) in [5.74, 6) is -3.56. The first kappa shape index (κ1) is 27.7. The summed E-state index contributed by atoms with van der Waals surface area (Å²) >= 11 is 6.21. The van der Waals surface area contributed by atoms with E-state index in [0.29, 0.717) is 19.3 Å². The lowest BCUT2D eigenvalue weighted by molar-refractivity contribution is -0.189. The molecule has 4 rings (SSSR count). The third-order valence-corrected chi connectivity index (χ3v) is 10.0. The zero-order valence-corrected chi connectivity index (χ0v) is 21.8. The lowest BCUT2D eigenvalue weighted by Crippen LogP contribution is -2.47. The zero-order valence-electron chi connectivity index (χ0n) is 20.2. The van der Waals surface area contributed by atoms with Crippen molar-refractivity contribution in [3.8, 4) is 5.75 Å². The summed E-state index contributed by atoms with van der Waals surface area (Å²) in [6, 6.07) is 1.46. The lowest BCUT2D eigenvalue weighted by Gasteiger charge is -2.41. The molecule has 1 aromatic rings. The van der Waals surface area contributed by atoms with Gasteiger partial charge in [-0.2, -0.15) is 13.2 Å². The molecule has 1 unspecified atom stereocenters. The highest BCUT2D eigenvalue weighted by molar-refractivity contribution is 7.92. The van der Waals surface area contributed by atoms with Crippen LogP contribution in [0.15, 0.2) is 28.7 Å². The van der Waals surface area contributed by atoms with Crippen LogP contribution in [0.2, 0.25) is 5.02 Å². The number of rotatable bonds is 6. The summed E-state index contributed by atoms with van der Waals surface area (Å²) in [6.07, 6.45) is 0.877.